The highest BCUT2D eigenvalue weighted by molar-refractivity contribution is 7.91. The van der Waals surface area contributed by atoms with Crippen molar-refractivity contribution < 1.29 is 37.0 Å². The second-order valence-corrected chi connectivity index (χ2v) is 16.5. The molecule has 1 saturated heterocycles. The molecule has 4 atom stereocenters. The number of aryl methyl sites for hydroxylation is 2. The molecular weight excluding hydrogens is 676 g/mol. The number of hydrogen-bond donors (Lipinski definition) is 2. The number of allylic oxidation sites excluding steroid dienone is 1. The molecule has 15 heteroatoms. The molecule has 3 amide bonds. The number of amides is 3. The van der Waals surface area contributed by atoms with Crippen molar-refractivity contribution in [1.82, 2.24) is 29.7 Å². The van der Waals surface area contributed by atoms with Gasteiger partial charge in [0.2, 0.25) is 21.8 Å². The minimum Gasteiger partial charge on any atom is -0.496 e. The summed E-state index contributed by atoms with van der Waals surface area (Å²) < 4.78 is 46.9. The number of methoxy groups -OCH3 is 1. The van der Waals surface area contributed by atoms with Crippen molar-refractivity contribution >= 4 is 38.6 Å². The number of nitrogens with one attached hydrogen (secondary N) is 2. The summed E-state index contributed by atoms with van der Waals surface area (Å²) in [5.74, 6) is -0.411. The number of hydrogen-bond acceptors (Lipinski definition) is 10. The quantitative estimate of drug-likeness (QED) is 0.346. The van der Waals surface area contributed by atoms with Gasteiger partial charge in [-0.25, -0.2) is 18.1 Å². The van der Waals surface area contributed by atoms with Gasteiger partial charge in [-0.05, 0) is 77.5 Å². The van der Waals surface area contributed by atoms with Gasteiger partial charge in [-0.3, -0.25) is 19.1 Å². The summed E-state index contributed by atoms with van der Waals surface area (Å²) in [4.78, 5) is 47.8. The predicted octanol–water partition coefficient (Wildman–Crippen LogP) is 3.02. The zero-order valence-electron chi connectivity index (χ0n) is 29.3. The zero-order chi connectivity index (χ0) is 36.1. The highest BCUT2D eigenvalue weighted by Crippen LogP contribution is 2.47. The van der Waals surface area contributed by atoms with E-state index in [0.717, 1.165) is 35.9 Å². The van der Waals surface area contributed by atoms with E-state index in [1.54, 1.807) is 31.0 Å². The molecule has 4 heterocycles. The van der Waals surface area contributed by atoms with Gasteiger partial charge in [-0.15, -0.1) is 0 Å². The van der Waals surface area contributed by atoms with Crippen LogP contribution in [-0.2, 0) is 29.1 Å². The molecule has 0 spiro atoms. The summed E-state index contributed by atoms with van der Waals surface area (Å²) in [5.41, 5.74) is 0.824. The van der Waals surface area contributed by atoms with Gasteiger partial charge in [-0.2, -0.15) is 5.10 Å². The van der Waals surface area contributed by atoms with Gasteiger partial charge in [-0.1, -0.05) is 12.2 Å². The zero-order valence-corrected chi connectivity index (χ0v) is 30.1. The Kier molecular flexibility index (Phi) is 9.07. The molecular formula is C36H44N6O8S. The summed E-state index contributed by atoms with van der Waals surface area (Å²) >= 11 is 0. The maximum Gasteiger partial charge on any atom is 0.259 e. The van der Waals surface area contributed by atoms with Gasteiger partial charge in [0.15, 0.2) is 5.82 Å². The first-order valence-corrected chi connectivity index (χ1v) is 18.9. The Morgan fingerprint density at radius 3 is 2.67 bits per heavy atom. The minimum atomic E-state index is -3.94. The molecule has 272 valence electrons. The Labute approximate surface area is 296 Å². The van der Waals surface area contributed by atoms with E-state index in [9.17, 15) is 22.8 Å². The third-order valence-electron chi connectivity index (χ3n) is 10.6. The van der Waals surface area contributed by atoms with Crippen LogP contribution in [0.3, 0.4) is 0 Å². The maximum atomic E-state index is 14.2. The molecule has 2 saturated carbocycles. The Bertz CT molecular complexity index is 2020. The van der Waals surface area contributed by atoms with Crippen LogP contribution < -0.4 is 19.5 Å². The smallest absolute Gasteiger partial charge is 0.259 e. The Hall–Kier alpha value is -4.50. The van der Waals surface area contributed by atoms with Crippen molar-refractivity contribution in [3.8, 4) is 17.3 Å². The number of pyridine rings is 1. The fourth-order valence-electron chi connectivity index (χ4n) is 6.97. The monoisotopic (exact) mass is 720 g/mol. The van der Waals surface area contributed by atoms with Crippen molar-refractivity contribution in [2.75, 3.05) is 26.9 Å². The predicted molar refractivity (Wildman–Crippen MR) is 187 cm³/mol. The lowest BCUT2D eigenvalue weighted by atomic mass is 10.1. The molecule has 7 rings (SSSR count). The minimum absolute atomic E-state index is 0.0880. The molecule has 3 aromatic rings. The van der Waals surface area contributed by atoms with E-state index in [4.69, 9.17) is 19.2 Å². The van der Waals surface area contributed by atoms with Crippen LogP contribution in [0.1, 0.15) is 63.1 Å². The van der Waals surface area contributed by atoms with Crippen LogP contribution in [0.25, 0.3) is 16.7 Å². The molecule has 2 aliphatic carbocycles. The Balaban J connectivity index is 1.19. The number of rotatable bonds is 7. The molecule has 4 unspecified atom stereocenters. The summed E-state index contributed by atoms with van der Waals surface area (Å²) in [6.07, 6.45) is 8.58. The fraction of sp³-hybridized carbons (Fsp3) is 0.528. The lowest BCUT2D eigenvalue weighted by molar-refractivity contribution is -0.143. The van der Waals surface area contributed by atoms with Crippen LogP contribution in [0.4, 0.5) is 0 Å². The maximum absolute atomic E-state index is 14.2. The van der Waals surface area contributed by atoms with Crippen molar-refractivity contribution in [3.63, 3.8) is 0 Å². The van der Waals surface area contributed by atoms with E-state index in [2.05, 4.69) is 15.1 Å². The van der Waals surface area contributed by atoms with Crippen molar-refractivity contribution in [3.05, 3.63) is 53.9 Å². The number of benzene rings is 1. The number of fused-ring (bicyclic) bond motifs is 3. The normalized spacial score (nSPS) is 26.4. The van der Waals surface area contributed by atoms with Crippen LogP contribution in [0.15, 0.2) is 42.6 Å². The van der Waals surface area contributed by atoms with Gasteiger partial charge in [0.05, 0.1) is 29.6 Å². The van der Waals surface area contributed by atoms with Crippen LogP contribution in [0, 0.1) is 19.8 Å². The van der Waals surface area contributed by atoms with E-state index in [1.807, 2.05) is 44.2 Å². The average molecular weight is 721 g/mol. The lowest BCUT2D eigenvalue weighted by Gasteiger charge is -2.26. The van der Waals surface area contributed by atoms with Crippen molar-refractivity contribution in [1.29, 1.82) is 0 Å². The van der Waals surface area contributed by atoms with E-state index in [-0.39, 0.29) is 31.9 Å². The number of ether oxygens (including phenoxy) is 3. The van der Waals surface area contributed by atoms with Crippen molar-refractivity contribution in [2.45, 2.75) is 88.1 Å². The second kappa shape index (κ2) is 13.2. The Morgan fingerprint density at radius 2 is 1.94 bits per heavy atom. The summed E-state index contributed by atoms with van der Waals surface area (Å²) in [6.45, 7) is 5.66. The van der Waals surface area contributed by atoms with Crippen LogP contribution in [-0.4, -0.2) is 95.1 Å². The molecule has 1 aromatic carbocycles. The lowest BCUT2D eigenvalue weighted by Crippen LogP contribution is -2.57. The van der Waals surface area contributed by atoms with Crippen LogP contribution >= 0.6 is 0 Å². The van der Waals surface area contributed by atoms with Gasteiger partial charge in [0.1, 0.15) is 35.8 Å². The second-order valence-electron chi connectivity index (χ2n) is 14.3. The standard InChI is InChI=1S/C36H44N6O8S/c1-22-12-15-42(39-22)30-18-29(26-10-11-28(48-4)23(2)32(26)37-30)50-25-17-27-33(44)38-36(34(45)40-51(46,47)35(3)13-14-35)19-24(36)9-7-5-6-8-16-49-21-31(43)41(27)20-25/h7,9-12,15,18,24-25,27H,5-6,8,13-14,16-17,19-21H2,1-4H3,(H,38,44)(H,40,45). The average Bonchev–Trinajstić information content (AvgIpc) is 3.89. The SMILES string of the molecule is COc1ccc2c(OC3CC4C(=O)NC5(C(=O)NS(=O)(=O)C6(C)CC6)CC5C=CCCCCOCC(=O)N4C3)cc(-n3ccc(C)n3)nc2c1C. The molecule has 2 aliphatic heterocycles. The fourth-order valence-corrected chi connectivity index (χ4v) is 8.28. The van der Waals surface area contributed by atoms with Crippen molar-refractivity contribution in [2.24, 2.45) is 5.92 Å². The number of carbonyl (C=O) groups is 3. The highest BCUT2D eigenvalue weighted by atomic mass is 32.2. The summed E-state index contributed by atoms with van der Waals surface area (Å²) in [6, 6.07) is 6.36. The molecule has 4 aliphatic rings. The molecule has 0 radical (unpaired) electrons. The van der Waals surface area contributed by atoms with Gasteiger partial charge in [0, 0.05) is 42.2 Å². The van der Waals surface area contributed by atoms with Crippen LogP contribution in [0.2, 0.25) is 0 Å². The molecule has 14 nitrogen and oxygen atoms in total. The Morgan fingerprint density at radius 1 is 1.14 bits per heavy atom. The van der Waals surface area contributed by atoms with Gasteiger partial charge >= 0.3 is 0 Å². The van der Waals surface area contributed by atoms with Crippen LogP contribution in [0.5, 0.6) is 11.5 Å². The summed E-state index contributed by atoms with van der Waals surface area (Å²) in [5, 5.41) is 8.15. The topological polar surface area (TPSA) is 171 Å². The molecule has 51 heavy (non-hydrogen) atoms. The third kappa shape index (κ3) is 6.68. The van der Waals surface area contributed by atoms with E-state index < -0.39 is 50.2 Å². The van der Waals surface area contributed by atoms with Gasteiger partial charge < -0.3 is 24.4 Å². The number of carbonyl (C=O) groups excluding carboxylic acids is 3. The molecule has 0 bridgehead atoms. The first kappa shape index (κ1) is 34.9. The number of aromatic nitrogens is 3. The number of nitrogens with zero attached hydrogens (tertiary/aromatic N) is 4. The molecule has 2 aromatic heterocycles. The van der Waals surface area contributed by atoms with E-state index in [1.165, 1.54) is 4.90 Å². The molecule has 2 N–H and O–H groups in total. The number of sulfonamides is 1. The highest BCUT2D eigenvalue weighted by Gasteiger charge is 2.63. The molecule has 3 fully saturated rings. The first-order chi connectivity index (χ1) is 24.3. The van der Waals surface area contributed by atoms with Gasteiger partial charge in [0.25, 0.3) is 5.91 Å². The third-order valence-corrected chi connectivity index (χ3v) is 12.7. The largest absolute Gasteiger partial charge is 0.496 e. The van der Waals surface area contributed by atoms with E-state index in [0.29, 0.717) is 42.3 Å². The van der Waals surface area contributed by atoms with E-state index >= 15 is 0 Å². The first-order valence-electron chi connectivity index (χ1n) is 17.4. The summed E-state index contributed by atoms with van der Waals surface area (Å²) in [7, 11) is -2.35.